The van der Waals surface area contributed by atoms with Crippen molar-refractivity contribution in [3.63, 3.8) is 0 Å². The first-order valence-electron chi connectivity index (χ1n) is 6.99. The van der Waals surface area contributed by atoms with Crippen LogP contribution in [0, 0.1) is 11.6 Å². The number of carbonyl (C=O) groups excluding carboxylic acids is 1. The minimum atomic E-state index is -0.660. The molecule has 1 heterocycles. The zero-order valence-electron chi connectivity index (χ0n) is 11.1. The zero-order chi connectivity index (χ0) is 14.1. The summed E-state index contributed by atoms with van der Waals surface area (Å²) in [4.78, 5) is 14.2. The van der Waals surface area contributed by atoms with Crippen molar-refractivity contribution in [2.24, 2.45) is 0 Å². The molecule has 1 aromatic rings. The SMILES string of the molecule is O=C(CN1CCOC2CCCC21)c1cc(F)ccc1F. The average Bonchev–Trinajstić information content (AvgIpc) is 2.91. The van der Waals surface area contributed by atoms with E-state index in [0.717, 1.165) is 37.5 Å². The summed E-state index contributed by atoms with van der Waals surface area (Å²) in [6.45, 7) is 1.40. The van der Waals surface area contributed by atoms with Crippen LogP contribution in [0.2, 0.25) is 0 Å². The molecule has 1 aliphatic carbocycles. The first-order chi connectivity index (χ1) is 9.65. The van der Waals surface area contributed by atoms with E-state index in [1.165, 1.54) is 0 Å². The van der Waals surface area contributed by atoms with Gasteiger partial charge in [0.1, 0.15) is 11.6 Å². The molecule has 1 aromatic carbocycles. The van der Waals surface area contributed by atoms with Crippen LogP contribution in [-0.2, 0) is 4.74 Å². The average molecular weight is 281 g/mol. The minimum absolute atomic E-state index is 0.130. The molecule has 5 heteroatoms. The Morgan fingerprint density at radius 3 is 3.05 bits per heavy atom. The number of nitrogens with zero attached hydrogens (tertiary/aromatic N) is 1. The number of carbonyl (C=O) groups is 1. The van der Waals surface area contributed by atoms with Crippen LogP contribution in [0.15, 0.2) is 18.2 Å². The quantitative estimate of drug-likeness (QED) is 0.797. The molecule has 0 N–H and O–H groups in total. The second kappa shape index (κ2) is 5.58. The van der Waals surface area contributed by atoms with Gasteiger partial charge in [-0.25, -0.2) is 8.78 Å². The standard InChI is InChI=1S/C15H17F2NO2/c16-10-4-5-12(17)11(8-10)14(19)9-18-6-7-20-15-3-1-2-13(15)18/h4-5,8,13,15H,1-3,6-7,9H2. The molecule has 0 bridgehead atoms. The molecule has 3 rings (SSSR count). The van der Waals surface area contributed by atoms with Crippen LogP contribution in [-0.4, -0.2) is 42.5 Å². The molecule has 2 atom stereocenters. The lowest BCUT2D eigenvalue weighted by atomic mass is 10.1. The number of rotatable bonds is 3. The van der Waals surface area contributed by atoms with E-state index >= 15 is 0 Å². The van der Waals surface area contributed by atoms with Crippen molar-refractivity contribution in [1.82, 2.24) is 4.90 Å². The number of ether oxygens (including phenoxy) is 1. The molecular formula is C15H17F2NO2. The fourth-order valence-electron chi connectivity index (χ4n) is 3.18. The molecule has 0 radical (unpaired) electrons. The first-order valence-corrected chi connectivity index (χ1v) is 6.99. The third-order valence-electron chi connectivity index (χ3n) is 4.17. The Hall–Kier alpha value is -1.33. The van der Waals surface area contributed by atoms with Gasteiger partial charge in [-0.2, -0.15) is 0 Å². The fourth-order valence-corrected chi connectivity index (χ4v) is 3.18. The molecule has 3 nitrogen and oxygen atoms in total. The molecular weight excluding hydrogens is 264 g/mol. The number of morpholine rings is 1. The van der Waals surface area contributed by atoms with Crippen molar-refractivity contribution in [2.75, 3.05) is 19.7 Å². The van der Waals surface area contributed by atoms with Crippen molar-refractivity contribution >= 4 is 5.78 Å². The third kappa shape index (κ3) is 2.60. The summed E-state index contributed by atoms with van der Waals surface area (Å²) in [5.41, 5.74) is -0.161. The highest BCUT2D eigenvalue weighted by molar-refractivity contribution is 5.97. The molecule has 0 spiro atoms. The summed E-state index contributed by atoms with van der Waals surface area (Å²) in [5.74, 6) is -1.61. The highest BCUT2D eigenvalue weighted by Crippen LogP contribution is 2.29. The topological polar surface area (TPSA) is 29.5 Å². The van der Waals surface area contributed by atoms with Crippen LogP contribution in [0.25, 0.3) is 0 Å². The van der Waals surface area contributed by atoms with Gasteiger partial charge in [0.25, 0.3) is 0 Å². The van der Waals surface area contributed by atoms with Crippen molar-refractivity contribution < 1.29 is 18.3 Å². The lowest BCUT2D eigenvalue weighted by Gasteiger charge is -2.37. The Bertz CT molecular complexity index is 521. The summed E-state index contributed by atoms with van der Waals surface area (Å²) >= 11 is 0. The maximum Gasteiger partial charge on any atom is 0.179 e. The van der Waals surface area contributed by atoms with E-state index in [1.807, 2.05) is 4.90 Å². The molecule has 0 amide bonds. The highest BCUT2D eigenvalue weighted by atomic mass is 19.1. The largest absolute Gasteiger partial charge is 0.375 e. The summed E-state index contributed by atoms with van der Waals surface area (Å²) in [5, 5.41) is 0. The van der Waals surface area contributed by atoms with Gasteiger partial charge in [-0.3, -0.25) is 9.69 Å². The summed E-state index contributed by atoms with van der Waals surface area (Å²) in [7, 11) is 0. The number of hydrogen-bond donors (Lipinski definition) is 0. The Labute approximate surface area is 116 Å². The Morgan fingerprint density at radius 2 is 2.20 bits per heavy atom. The Morgan fingerprint density at radius 1 is 1.35 bits per heavy atom. The van der Waals surface area contributed by atoms with Gasteiger partial charge in [-0.05, 0) is 37.5 Å². The summed E-state index contributed by atoms with van der Waals surface area (Å²) in [6.07, 6.45) is 3.30. The van der Waals surface area contributed by atoms with E-state index in [1.54, 1.807) is 0 Å². The van der Waals surface area contributed by atoms with Gasteiger partial charge in [0.15, 0.2) is 5.78 Å². The van der Waals surface area contributed by atoms with Gasteiger partial charge in [0.05, 0.1) is 24.8 Å². The van der Waals surface area contributed by atoms with Gasteiger partial charge < -0.3 is 4.74 Å². The van der Waals surface area contributed by atoms with E-state index in [4.69, 9.17) is 4.74 Å². The number of halogens is 2. The van der Waals surface area contributed by atoms with Crippen LogP contribution in [0.1, 0.15) is 29.6 Å². The lowest BCUT2D eigenvalue weighted by Crippen LogP contribution is -2.50. The van der Waals surface area contributed by atoms with E-state index < -0.39 is 11.6 Å². The predicted molar refractivity (Wildman–Crippen MR) is 69.6 cm³/mol. The maximum atomic E-state index is 13.6. The lowest BCUT2D eigenvalue weighted by molar-refractivity contribution is -0.0522. The van der Waals surface area contributed by atoms with Crippen molar-refractivity contribution in [3.8, 4) is 0 Å². The molecule has 20 heavy (non-hydrogen) atoms. The second-order valence-corrected chi connectivity index (χ2v) is 5.43. The number of Topliss-reactive ketones (excluding diaryl/α,β-unsaturated/α-hetero) is 1. The van der Waals surface area contributed by atoms with E-state index in [-0.39, 0.29) is 30.0 Å². The number of fused-ring (bicyclic) bond motifs is 1. The van der Waals surface area contributed by atoms with E-state index in [2.05, 4.69) is 0 Å². The molecule has 1 saturated carbocycles. The normalized spacial score (nSPS) is 26.5. The second-order valence-electron chi connectivity index (χ2n) is 5.43. The first kappa shape index (κ1) is 13.6. The van der Waals surface area contributed by atoms with E-state index in [0.29, 0.717) is 13.2 Å². The van der Waals surface area contributed by atoms with Gasteiger partial charge in [0.2, 0.25) is 0 Å². The van der Waals surface area contributed by atoms with Crippen LogP contribution in [0.4, 0.5) is 8.78 Å². The Kier molecular flexibility index (Phi) is 3.81. The molecule has 0 aromatic heterocycles. The monoisotopic (exact) mass is 281 g/mol. The summed E-state index contributed by atoms with van der Waals surface area (Å²) in [6, 6.07) is 3.24. The smallest absolute Gasteiger partial charge is 0.179 e. The number of hydrogen-bond acceptors (Lipinski definition) is 3. The summed E-state index contributed by atoms with van der Waals surface area (Å²) < 4.78 is 32.4. The zero-order valence-corrected chi connectivity index (χ0v) is 11.1. The number of benzene rings is 1. The third-order valence-corrected chi connectivity index (χ3v) is 4.17. The predicted octanol–water partition coefficient (Wildman–Crippen LogP) is 2.40. The van der Waals surface area contributed by atoms with Crippen LogP contribution in [0.3, 0.4) is 0 Å². The van der Waals surface area contributed by atoms with Gasteiger partial charge in [0, 0.05) is 12.6 Å². The molecule has 2 aliphatic rings. The molecule has 2 fully saturated rings. The van der Waals surface area contributed by atoms with Gasteiger partial charge >= 0.3 is 0 Å². The molecule has 108 valence electrons. The van der Waals surface area contributed by atoms with E-state index in [9.17, 15) is 13.6 Å². The van der Waals surface area contributed by atoms with Crippen LogP contribution >= 0.6 is 0 Å². The van der Waals surface area contributed by atoms with Gasteiger partial charge in [-0.15, -0.1) is 0 Å². The number of ketones is 1. The van der Waals surface area contributed by atoms with Crippen LogP contribution in [0.5, 0.6) is 0 Å². The van der Waals surface area contributed by atoms with Crippen molar-refractivity contribution in [3.05, 3.63) is 35.4 Å². The molecule has 1 aliphatic heterocycles. The fraction of sp³-hybridized carbons (Fsp3) is 0.533. The molecule has 2 unspecified atom stereocenters. The van der Waals surface area contributed by atoms with Crippen molar-refractivity contribution in [1.29, 1.82) is 0 Å². The maximum absolute atomic E-state index is 13.6. The van der Waals surface area contributed by atoms with Gasteiger partial charge in [-0.1, -0.05) is 0 Å². The highest BCUT2D eigenvalue weighted by Gasteiger charge is 2.36. The minimum Gasteiger partial charge on any atom is -0.375 e. The Balaban J connectivity index is 1.73. The molecule has 1 saturated heterocycles. The van der Waals surface area contributed by atoms with Crippen molar-refractivity contribution in [2.45, 2.75) is 31.4 Å². The van der Waals surface area contributed by atoms with Crippen LogP contribution < -0.4 is 0 Å².